The van der Waals surface area contributed by atoms with Gasteiger partial charge in [-0.15, -0.1) is 0 Å². The van der Waals surface area contributed by atoms with Crippen molar-refractivity contribution in [3.63, 3.8) is 0 Å². The van der Waals surface area contributed by atoms with Crippen molar-refractivity contribution in [2.24, 2.45) is 0 Å². The number of hydrogen-bond acceptors (Lipinski definition) is 8. The summed E-state index contributed by atoms with van der Waals surface area (Å²) >= 11 is 0. The van der Waals surface area contributed by atoms with Gasteiger partial charge in [0.1, 0.15) is 24.1 Å². The zero-order valence-corrected chi connectivity index (χ0v) is 21.3. The molecule has 0 saturated carbocycles. The number of carbonyl (C=O) groups excluding carboxylic acids is 1. The maximum Gasteiger partial charge on any atom is 0.251 e. The van der Waals surface area contributed by atoms with E-state index < -0.39 is 43.4 Å². The van der Waals surface area contributed by atoms with E-state index in [0.717, 1.165) is 16.7 Å². The van der Waals surface area contributed by atoms with Crippen molar-refractivity contribution in [3.8, 4) is 16.9 Å². The molecule has 202 valence electrons. The van der Waals surface area contributed by atoms with E-state index in [2.05, 4.69) is 5.32 Å². The number of aliphatic hydroxyl groups is 4. The van der Waals surface area contributed by atoms with Crippen LogP contribution in [0.3, 0.4) is 0 Å². The quantitative estimate of drug-likeness (QED) is 0.286. The first-order valence-electron chi connectivity index (χ1n) is 12.3. The lowest BCUT2D eigenvalue weighted by atomic mass is 9.87. The molecule has 0 unspecified atom stereocenters. The summed E-state index contributed by atoms with van der Waals surface area (Å²) in [5.41, 5.74) is 1.63. The van der Waals surface area contributed by atoms with Crippen LogP contribution >= 0.6 is 0 Å². The summed E-state index contributed by atoms with van der Waals surface area (Å²) in [5, 5.41) is 45.0. The number of nitrogens with one attached hydrogen (secondary N) is 1. The summed E-state index contributed by atoms with van der Waals surface area (Å²) in [7, 11) is 1.57. The van der Waals surface area contributed by atoms with Crippen LogP contribution in [0.5, 0.6) is 5.75 Å². The molecule has 4 rings (SSSR count). The molecule has 9 nitrogen and oxygen atoms in total. The number of benzene rings is 3. The smallest absolute Gasteiger partial charge is 0.251 e. The topological polar surface area (TPSA) is 138 Å². The second-order valence-electron chi connectivity index (χ2n) is 9.35. The third-order valence-corrected chi connectivity index (χ3v) is 6.64. The maximum absolute atomic E-state index is 12.0. The molecule has 0 spiro atoms. The van der Waals surface area contributed by atoms with E-state index in [1.54, 1.807) is 37.4 Å². The zero-order valence-electron chi connectivity index (χ0n) is 21.3. The van der Waals surface area contributed by atoms with Crippen molar-refractivity contribution in [2.75, 3.05) is 20.3 Å². The number of aliphatic hydroxyl groups excluding tert-OH is 3. The average molecular weight is 524 g/mol. The lowest BCUT2D eigenvalue weighted by molar-refractivity contribution is -0.330. The monoisotopic (exact) mass is 523 g/mol. The Kier molecular flexibility index (Phi) is 8.78. The lowest BCUT2D eigenvalue weighted by Crippen LogP contribution is -2.69. The summed E-state index contributed by atoms with van der Waals surface area (Å²) in [6.45, 7) is 0.986. The molecule has 38 heavy (non-hydrogen) atoms. The highest BCUT2D eigenvalue weighted by Crippen LogP contribution is 2.35. The Morgan fingerprint density at radius 2 is 1.76 bits per heavy atom. The minimum Gasteiger partial charge on any atom is -0.461 e. The van der Waals surface area contributed by atoms with Gasteiger partial charge in [-0.25, -0.2) is 0 Å². The molecule has 0 radical (unpaired) electrons. The highest BCUT2D eigenvalue weighted by atomic mass is 16.7. The van der Waals surface area contributed by atoms with Crippen LogP contribution in [0.4, 0.5) is 0 Å². The van der Waals surface area contributed by atoms with Crippen LogP contribution in [0.1, 0.15) is 21.5 Å². The lowest BCUT2D eigenvalue weighted by Gasteiger charge is -2.47. The van der Waals surface area contributed by atoms with E-state index in [1.807, 2.05) is 49.4 Å². The second kappa shape index (κ2) is 12.0. The first kappa shape index (κ1) is 27.7. The molecule has 0 bridgehead atoms. The van der Waals surface area contributed by atoms with Gasteiger partial charge < -0.3 is 40.0 Å². The van der Waals surface area contributed by atoms with Crippen LogP contribution in [0.25, 0.3) is 11.1 Å². The standard InChI is InChI=1S/C29H33NO8/c1-18-13-21(20-9-6-10-22(14-20)27(34)30-2)11-12-23(18)37-28-29(35,26(33)25(32)24(15-31)38-28)17-36-16-19-7-4-3-5-8-19/h3-14,24-26,28,31-33,35H,15-17H2,1-2H3,(H,30,34)/t24-,25-,26+,28+,29+/m1/s1. The Hall–Kier alpha value is -3.31. The number of hydrogen-bond donors (Lipinski definition) is 5. The van der Waals surface area contributed by atoms with Gasteiger partial charge in [-0.3, -0.25) is 4.79 Å². The van der Waals surface area contributed by atoms with Crippen LogP contribution in [0, 0.1) is 6.92 Å². The van der Waals surface area contributed by atoms with Gasteiger partial charge in [0.05, 0.1) is 19.8 Å². The minimum absolute atomic E-state index is 0.158. The molecule has 5 N–H and O–H groups in total. The number of aryl methyl sites for hydroxylation is 1. The fourth-order valence-corrected chi connectivity index (χ4v) is 4.40. The summed E-state index contributed by atoms with van der Waals surface area (Å²) in [6.07, 6.45) is -5.88. The Bertz CT molecular complexity index is 1240. The predicted molar refractivity (Wildman–Crippen MR) is 139 cm³/mol. The average Bonchev–Trinajstić information content (AvgIpc) is 2.94. The van der Waals surface area contributed by atoms with Gasteiger partial charge in [-0.05, 0) is 53.4 Å². The van der Waals surface area contributed by atoms with E-state index in [0.29, 0.717) is 16.9 Å². The Labute approximate surface area is 221 Å². The highest BCUT2D eigenvalue weighted by Gasteiger charge is 2.56. The summed E-state index contributed by atoms with van der Waals surface area (Å²) in [6, 6.07) is 21.9. The molecular formula is C29H33NO8. The molecule has 9 heteroatoms. The van der Waals surface area contributed by atoms with Crippen LogP contribution in [0.2, 0.25) is 0 Å². The van der Waals surface area contributed by atoms with Crippen molar-refractivity contribution in [2.45, 2.75) is 43.7 Å². The zero-order chi connectivity index (χ0) is 27.3. The highest BCUT2D eigenvalue weighted by molar-refractivity contribution is 5.95. The van der Waals surface area contributed by atoms with Crippen LogP contribution < -0.4 is 10.1 Å². The van der Waals surface area contributed by atoms with Crippen LogP contribution in [0.15, 0.2) is 72.8 Å². The van der Waals surface area contributed by atoms with Gasteiger partial charge in [-0.1, -0.05) is 48.5 Å². The molecular weight excluding hydrogens is 490 g/mol. The van der Waals surface area contributed by atoms with Gasteiger partial charge in [0.25, 0.3) is 5.91 Å². The van der Waals surface area contributed by atoms with Gasteiger partial charge in [0.15, 0.2) is 5.60 Å². The molecule has 1 aliphatic heterocycles. The van der Waals surface area contributed by atoms with Crippen molar-refractivity contribution < 1.29 is 39.4 Å². The molecule has 5 atom stereocenters. The van der Waals surface area contributed by atoms with Crippen molar-refractivity contribution >= 4 is 5.91 Å². The van der Waals surface area contributed by atoms with Gasteiger partial charge in [0, 0.05) is 12.6 Å². The summed E-state index contributed by atoms with van der Waals surface area (Å²) in [5.74, 6) is 0.175. The number of carbonyl (C=O) groups is 1. The summed E-state index contributed by atoms with van der Waals surface area (Å²) in [4.78, 5) is 12.0. The fraction of sp³-hybridized carbons (Fsp3) is 0.345. The summed E-state index contributed by atoms with van der Waals surface area (Å²) < 4.78 is 17.4. The first-order valence-corrected chi connectivity index (χ1v) is 12.3. The normalized spacial score (nSPS) is 25.1. The van der Waals surface area contributed by atoms with E-state index in [4.69, 9.17) is 14.2 Å². The van der Waals surface area contributed by atoms with Crippen molar-refractivity contribution in [3.05, 3.63) is 89.5 Å². The van der Waals surface area contributed by atoms with Gasteiger partial charge in [0.2, 0.25) is 6.29 Å². The van der Waals surface area contributed by atoms with Crippen molar-refractivity contribution in [1.29, 1.82) is 0 Å². The number of amides is 1. The largest absolute Gasteiger partial charge is 0.461 e. The van der Waals surface area contributed by atoms with E-state index >= 15 is 0 Å². The van der Waals surface area contributed by atoms with E-state index in [-0.39, 0.29) is 12.5 Å². The van der Waals surface area contributed by atoms with Crippen molar-refractivity contribution in [1.82, 2.24) is 5.32 Å². The molecule has 0 aliphatic carbocycles. The molecule has 1 aliphatic rings. The first-order chi connectivity index (χ1) is 18.3. The Morgan fingerprint density at radius 1 is 1.03 bits per heavy atom. The molecule has 1 fully saturated rings. The van der Waals surface area contributed by atoms with Crippen LogP contribution in [-0.4, -0.2) is 76.8 Å². The van der Waals surface area contributed by atoms with Gasteiger partial charge >= 0.3 is 0 Å². The second-order valence-corrected chi connectivity index (χ2v) is 9.35. The third kappa shape index (κ3) is 5.88. The van der Waals surface area contributed by atoms with E-state index in [9.17, 15) is 25.2 Å². The van der Waals surface area contributed by atoms with Gasteiger partial charge in [-0.2, -0.15) is 0 Å². The van der Waals surface area contributed by atoms with E-state index in [1.165, 1.54) is 0 Å². The fourth-order valence-electron chi connectivity index (χ4n) is 4.40. The van der Waals surface area contributed by atoms with Crippen LogP contribution in [-0.2, 0) is 16.1 Å². The number of ether oxygens (including phenoxy) is 3. The Balaban J connectivity index is 1.56. The molecule has 1 amide bonds. The Morgan fingerprint density at radius 3 is 2.45 bits per heavy atom. The SMILES string of the molecule is CNC(=O)c1cccc(-c2ccc(O[C@H]3O[C@H](CO)[C@@H](O)[C@H](O)[C@@]3(O)COCc3ccccc3)c(C)c2)c1. The maximum atomic E-state index is 12.0. The molecule has 1 heterocycles. The number of rotatable bonds is 9. The molecule has 0 aromatic heterocycles. The molecule has 1 saturated heterocycles. The third-order valence-electron chi connectivity index (χ3n) is 6.64. The molecule has 3 aromatic carbocycles. The minimum atomic E-state index is -2.13. The molecule has 3 aromatic rings. The predicted octanol–water partition coefficient (Wildman–Crippen LogP) is 1.79.